The Morgan fingerprint density at radius 2 is 1.91 bits per heavy atom. The number of carbonyl (C=O) groups excluding carboxylic acids is 2. The van der Waals surface area contributed by atoms with Gasteiger partial charge in [0.15, 0.2) is 0 Å². The first-order valence-corrected chi connectivity index (χ1v) is 8.31. The zero-order valence-corrected chi connectivity index (χ0v) is 14.0. The van der Waals surface area contributed by atoms with Gasteiger partial charge in [0, 0.05) is 25.2 Å². The van der Waals surface area contributed by atoms with Gasteiger partial charge in [-0.1, -0.05) is 0 Å². The third-order valence-corrected chi connectivity index (χ3v) is 4.15. The first-order valence-electron chi connectivity index (χ1n) is 8.31. The Morgan fingerprint density at radius 3 is 2.45 bits per heavy atom. The Labute approximate surface area is 132 Å². The molecule has 0 bridgehead atoms. The highest BCUT2D eigenvalue weighted by molar-refractivity contribution is 5.78. The molecule has 0 aromatic carbocycles. The molecule has 1 aliphatic heterocycles. The van der Waals surface area contributed by atoms with E-state index in [0.717, 1.165) is 38.6 Å². The number of nitrogens with two attached hydrogens (primary N) is 1. The van der Waals surface area contributed by atoms with E-state index in [0.29, 0.717) is 6.54 Å². The number of hydrogen-bond acceptors (Lipinski definition) is 4. The Balaban J connectivity index is 2.03. The summed E-state index contributed by atoms with van der Waals surface area (Å²) in [6.07, 6.45) is 4.82. The van der Waals surface area contributed by atoms with Crippen molar-refractivity contribution >= 4 is 12.0 Å². The van der Waals surface area contributed by atoms with Crippen molar-refractivity contribution < 1.29 is 14.3 Å². The van der Waals surface area contributed by atoms with E-state index in [1.54, 1.807) is 0 Å². The van der Waals surface area contributed by atoms with E-state index in [1.807, 2.05) is 30.6 Å². The van der Waals surface area contributed by atoms with Gasteiger partial charge in [0.25, 0.3) is 0 Å². The molecule has 0 spiro atoms. The number of amides is 2. The molecule has 22 heavy (non-hydrogen) atoms. The monoisotopic (exact) mass is 311 g/mol. The van der Waals surface area contributed by atoms with Gasteiger partial charge in [-0.05, 0) is 52.9 Å². The average molecular weight is 311 g/mol. The van der Waals surface area contributed by atoms with Gasteiger partial charge < -0.3 is 20.3 Å². The first-order chi connectivity index (χ1) is 10.3. The second kappa shape index (κ2) is 6.86. The molecule has 6 heteroatoms. The fourth-order valence-corrected chi connectivity index (χ4v) is 2.94. The fourth-order valence-electron chi connectivity index (χ4n) is 2.94. The predicted molar refractivity (Wildman–Crippen MR) is 84.4 cm³/mol. The number of carbonyl (C=O) groups is 2. The van der Waals surface area contributed by atoms with Crippen molar-refractivity contribution in [2.75, 3.05) is 19.6 Å². The van der Waals surface area contributed by atoms with Gasteiger partial charge in [-0.2, -0.15) is 0 Å². The summed E-state index contributed by atoms with van der Waals surface area (Å²) in [6.45, 7) is 6.97. The maximum atomic E-state index is 12.4. The van der Waals surface area contributed by atoms with Gasteiger partial charge in [0.05, 0.1) is 6.54 Å². The van der Waals surface area contributed by atoms with Crippen molar-refractivity contribution in [3.63, 3.8) is 0 Å². The molecule has 6 nitrogen and oxygen atoms in total. The lowest BCUT2D eigenvalue weighted by atomic mass is 10.0. The summed E-state index contributed by atoms with van der Waals surface area (Å²) in [6, 6.07) is 0.338. The number of likely N-dealkylation sites (tertiary alicyclic amines) is 1. The van der Waals surface area contributed by atoms with E-state index in [1.165, 1.54) is 0 Å². The van der Waals surface area contributed by atoms with Crippen LogP contribution >= 0.6 is 0 Å². The van der Waals surface area contributed by atoms with Crippen LogP contribution in [0.4, 0.5) is 4.79 Å². The molecule has 1 saturated heterocycles. The summed E-state index contributed by atoms with van der Waals surface area (Å²) in [7, 11) is 0. The maximum absolute atomic E-state index is 12.4. The summed E-state index contributed by atoms with van der Waals surface area (Å²) in [5.41, 5.74) is 5.02. The first kappa shape index (κ1) is 17.1. The van der Waals surface area contributed by atoms with Gasteiger partial charge in [0.1, 0.15) is 5.60 Å². The highest BCUT2D eigenvalue weighted by Gasteiger charge is 2.38. The van der Waals surface area contributed by atoms with Crippen LogP contribution in [0.1, 0.15) is 52.9 Å². The summed E-state index contributed by atoms with van der Waals surface area (Å²) in [5.74, 6) is -0.0235. The minimum atomic E-state index is -0.496. The molecule has 1 aliphatic carbocycles. The van der Waals surface area contributed by atoms with E-state index in [2.05, 4.69) is 0 Å². The van der Waals surface area contributed by atoms with E-state index in [4.69, 9.17) is 10.5 Å². The van der Waals surface area contributed by atoms with Gasteiger partial charge in [0.2, 0.25) is 5.91 Å². The van der Waals surface area contributed by atoms with Gasteiger partial charge in [-0.15, -0.1) is 0 Å². The van der Waals surface area contributed by atoms with Gasteiger partial charge in [-0.25, -0.2) is 4.79 Å². The SMILES string of the molecule is CC(C)(C)OC(=O)N(C[C@@H]1CCCCN1C(=O)CN)C1CC1. The van der Waals surface area contributed by atoms with Crippen molar-refractivity contribution in [2.24, 2.45) is 5.73 Å². The molecule has 2 aliphatic rings. The Kier molecular flexibility index (Phi) is 5.32. The number of piperidine rings is 1. The van der Waals surface area contributed by atoms with Crippen molar-refractivity contribution in [1.29, 1.82) is 0 Å². The topological polar surface area (TPSA) is 75.9 Å². The van der Waals surface area contributed by atoms with Crippen molar-refractivity contribution in [1.82, 2.24) is 9.80 Å². The number of hydrogen-bond donors (Lipinski definition) is 1. The minimum absolute atomic E-state index is 0.0235. The molecular weight excluding hydrogens is 282 g/mol. The van der Waals surface area contributed by atoms with E-state index in [9.17, 15) is 9.59 Å². The van der Waals surface area contributed by atoms with Crippen molar-refractivity contribution in [3.05, 3.63) is 0 Å². The van der Waals surface area contributed by atoms with Gasteiger partial charge in [-0.3, -0.25) is 4.79 Å². The van der Waals surface area contributed by atoms with Gasteiger partial charge >= 0.3 is 6.09 Å². The summed E-state index contributed by atoms with van der Waals surface area (Å²) < 4.78 is 5.52. The maximum Gasteiger partial charge on any atom is 0.410 e. The average Bonchev–Trinajstić information content (AvgIpc) is 3.26. The van der Waals surface area contributed by atoms with E-state index >= 15 is 0 Å². The Morgan fingerprint density at radius 1 is 1.23 bits per heavy atom. The second-order valence-electron chi connectivity index (χ2n) is 7.30. The Hall–Kier alpha value is -1.30. The molecule has 0 radical (unpaired) electrons. The second-order valence-corrected chi connectivity index (χ2v) is 7.30. The quantitative estimate of drug-likeness (QED) is 0.858. The smallest absolute Gasteiger partial charge is 0.410 e. The molecule has 1 saturated carbocycles. The van der Waals surface area contributed by atoms with Crippen LogP contribution in [0.25, 0.3) is 0 Å². The van der Waals surface area contributed by atoms with Crippen molar-refractivity contribution in [2.45, 2.75) is 70.6 Å². The zero-order valence-electron chi connectivity index (χ0n) is 14.0. The molecular formula is C16H29N3O3. The molecule has 2 amide bonds. The molecule has 0 unspecified atom stereocenters. The summed E-state index contributed by atoms with van der Waals surface area (Å²) in [4.78, 5) is 28.1. The van der Waals surface area contributed by atoms with Crippen LogP contribution in [0.5, 0.6) is 0 Å². The zero-order chi connectivity index (χ0) is 16.3. The molecule has 1 heterocycles. The number of rotatable bonds is 4. The molecule has 2 fully saturated rings. The van der Waals surface area contributed by atoms with Crippen LogP contribution in [0, 0.1) is 0 Å². The van der Waals surface area contributed by atoms with Crippen molar-refractivity contribution in [3.8, 4) is 0 Å². The van der Waals surface area contributed by atoms with Crippen LogP contribution in [0.3, 0.4) is 0 Å². The lowest BCUT2D eigenvalue weighted by molar-refractivity contribution is -0.133. The van der Waals surface area contributed by atoms with E-state index < -0.39 is 5.60 Å². The van der Waals surface area contributed by atoms with Crippen LogP contribution in [-0.4, -0.2) is 59.1 Å². The van der Waals surface area contributed by atoms with Crippen LogP contribution in [0.15, 0.2) is 0 Å². The minimum Gasteiger partial charge on any atom is -0.444 e. The Bertz CT molecular complexity index is 415. The third kappa shape index (κ3) is 4.60. The normalized spacial score (nSPS) is 22.4. The van der Waals surface area contributed by atoms with Crippen LogP contribution in [0.2, 0.25) is 0 Å². The highest BCUT2D eigenvalue weighted by atomic mass is 16.6. The van der Waals surface area contributed by atoms with Crippen LogP contribution in [-0.2, 0) is 9.53 Å². The fraction of sp³-hybridized carbons (Fsp3) is 0.875. The predicted octanol–water partition coefficient (Wildman–Crippen LogP) is 1.73. The third-order valence-electron chi connectivity index (χ3n) is 4.15. The molecule has 0 aromatic rings. The standard InChI is InChI=1S/C16H29N3O3/c1-16(2,3)22-15(21)19(12-7-8-12)11-13-6-4-5-9-18(13)14(20)10-17/h12-13H,4-11,17H2,1-3H3/t13-/m0/s1. The molecule has 1 atom stereocenters. The molecule has 0 aromatic heterocycles. The van der Waals surface area contributed by atoms with E-state index in [-0.39, 0.29) is 30.6 Å². The molecule has 2 rings (SSSR count). The lowest BCUT2D eigenvalue weighted by Crippen LogP contribution is -2.53. The molecule has 126 valence electrons. The van der Waals surface area contributed by atoms with Crippen LogP contribution < -0.4 is 5.73 Å². The number of nitrogens with zero attached hydrogens (tertiary/aromatic N) is 2. The summed E-state index contributed by atoms with van der Waals surface area (Å²) in [5, 5.41) is 0. The largest absolute Gasteiger partial charge is 0.444 e. The lowest BCUT2D eigenvalue weighted by Gasteiger charge is -2.39. The highest BCUT2D eigenvalue weighted by Crippen LogP contribution is 2.30. The molecule has 2 N–H and O–H groups in total. The summed E-state index contributed by atoms with van der Waals surface area (Å²) >= 11 is 0. The number of ether oxygens (including phenoxy) is 1.